The van der Waals surface area contributed by atoms with E-state index in [-0.39, 0.29) is 31.0 Å². The molecule has 0 unspecified atom stereocenters. The monoisotopic (exact) mass is 450 g/mol. The molecule has 0 aliphatic carbocycles. The van der Waals surface area contributed by atoms with Crippen LogP contribution in [0.5, 0.6) is 0 Å². The Balaban J connectivity index is 1.88. The van der Waals surface area contributed by atoms with Crippen LogP contribution in [0.15, 0.2) is 72.1 Å². The second-order valence-corrected chi connectivity index (χ2v) is 6.93. The summed E-state index contributed by atoms with van der Waals surface area (Å²) in [5, 5.41) is 4.92. The second kappa shape index (κ2) is 13.3. The van der Waals surface area contributed by atoms with Crippen LogP contribution >= 0.6 is 0 Å². The highest BCUT2D eigenvalue weighted by atomic mass is 16.5. The molecule has 0 heterocycles. The van der Waals surface area contributed by atoms with Crippen LogP contribution in [0.3, 0.4) is 0 Å². The van der Waals surface area contributed by atoms with E-state index < -0.39 is 23.8 Å². The quantitative estimate of drug-likeness (QED) is 0.327. The second-order valence-electron chi connectivity index (χ2n) is 6.93. The molecule has 0 bridgehead atoms. The first-order chi connectivity index (χ1) is 15.8. The van der Waals surface area contributed by atoms with Gasteiger partial charge in [0.25, 0.3) is 0 Å². The third-order valence-corrected chi connectivity index (χ3v) is 4.04. The highest BCUT2D eigenvalue weighted by molar-refractivity contribution is 5.98. The van der Waals surface area contributed by atoms with Gasteiger partial charge in [0.2, 0.25) is 11.8 Å². The number of hydrogen-bond donors (Lipinski definition) is 2. The zero-order chi connectivity index (χ0) is 24.1. The van der Waals surface area contributed by atoms with E-state index in [4.69, 9.17) is 9.47 Å². The van der Waals surface area contributed by atoms with Crippen molar-refractivity contribution in [3.05, 3.63) is 83.2 Å². The smallest absolute Gasteiger partial charge is 0.354 e. The molecule has 0 fully saturated rings. The van der Waals surface area contributed by atoms with Gasteiger partial charge in [-0.2, -0.15) is 0 Å². The number of amides is 2. The Hall–Kier alpha value is -4.20. The molecule has 33 heavy (non-hydrogen) atoms. The molecule has 2 rings (SSSR count). The summed E-state index contributed by atoms with van der Waals surface area (Å²) in [5.41, 5.74) is 1.46. The summed E-state index contributed by atoms with van der Waals surface area (Å²) >= 11 is 0. The van der Waals surface area contributed by atoms with Crippen molar-refractivity contribution < 1.29 is 28.7 Å². The molecule has 0 aliphatic rings. The Kier molecular flexibility index (Phi) is 10.1. The molecular weight excluding hydrogens is 424 g/mol. The molecule has 0 radical (unpaired) electrons. The largest absolute Gasteiger partial charge is 0.461 e. The van der Waals surface area contributed by atoms with E-state index in [1.54, 1.807) is 48.5 Å². The highest BCUT2D eigenvalue weighted by Gasteiger charge is 2.15. The van der Waals surface area contributed by atoms with Gasteiger partial charge in [-0.1, -0.05) is 60.7 Å². The van der Waals surface area contributed by atoms with E-state index >= 15 is 0 Å². The third-order valence-electron chi connectivity index (χ3n) is 4.04. The predicted octanol–water partition coefficient (Wildman–Crippen LogP) is 2.82. The predicted molar refractivity (Wildman–Crippen MR) is 123 cm³/mol. The van der Waals surface area contributed by atoms with Crippen molar-refractivity contribution >= 4 is 35.9 Å². The highest BCUT2D eigenvalue weighted by Crippen LogP contribution is 2.08. The van der Waals surface area contributed by atoms with E-state index in [0.717, 1.165) is 11.1 Å². The summed E-state index contributed by atoms with van der Waals surface area (Å²) < 4.78 is 10.4. The molecule has 172 valence electrons. The minimum atomic E-state index is -0.705. The fraction of sp³-hybridized carbons (Fsp3) is 0.200. The number of ether oxygens (including phenoxy) is 2. The SMILES string of the molecule is CC(=O)NC(=Cc1ccccc1)C(=O)OCCCOC(=O)C(=Cc1ccccc1)NC(C)=O. The van der Waals surface area contributed by atoms with Crippen molar-refractivity contribution in [3.8, 4) is 0 Å². The molecule has 0 aromatic heterocycles. The molecule has 2 aromatic rings. The lowest BCUT2D eigenvalue weighted by Crippen LogP contribution is -2.27. The van der Waals surface area contributed by atoms with E-state index in [9.17, 15) is 19.2 Å². The number of nitrogens with one attached hydrogen (secondary N) is 2. The molecule has 0 atom stereocenters. The van der Waals surface area contributed by atoms with Crippen LogP contribution in [-0.4, -0.2) is 37.0 Å². The summed E-state index contributed by atoms with van der Waals surface area (Å²) in [7, 11) is 0. The molecule has 2 N–H and O–H groups in total. The molecule has 8 nitrogen and oxygen atoms in total. The Morgan fingerprint density at radius 2 is 1.03 bits per heavy atom. The topological polar surface area (TPSA) is 111 Å². The zero-order valence-electron chi connectivity index (χ0n) is 18.5. The van der Waals surface area contributed by atoms with Crippen LogP contribution in [-0.2, 0) is 28.7 Å². The lowest BCUT2D eigenvalue weighted by Gasteiger charge is -2.11. The van der Waals surface area contributed by atoms with Crippen LogP contribution < -0.4 is 10.6 Å². The fourth-order valence-corrected chi connectivity index (χ4v) is 2.65. The van der Waals surface area contributed by atoms with Gasteiger partial charge in [0.1, 0.15) is 11.4 Å². The van der Waals surface area contributed by atoms with E-state index in [1.807, 2.05) is 12.1 Å². The first kappa shape index (κ1) is 25.1. The third kappa shape index (κ3) is 9.65. The molecular formula is C25H26N2O6. The molecule has 0 saturated carbocycles. The fourth-order valence-electron chi connectivity index (χ4n) is 2.65. The summed E-state index contributed by atoms with van der Waals surface area (Å²) in [6.07, 6.45) is 3.25. The van der Waals surface area contributed by atoms with Gasteiger partial charge < -0.3 is 20.1 Å². The standard InChI is InChI=1S/C25H26N2O6/c1-18(28)26-22(16-20-10-5-3-6-11-20)24(30)32-14-9-15-33-25(31)23(27-19(2)29)17-21-12-7-4-8-13-21/h3-8,10-13,16-17H,9,14-15H2,1-2H3,(H,26,28)(H,27,29). The van der Waals surface area contributed by atoms with Crippen LogP contribution in [0.4, 0.5) is 0 Å². The van der Waals surface area contributed by atoms with Crippen LogP contribution in [0.1, 0.15) is 31.4 Å². The lowest BCUT2D eigenvalue weighted by molar-refractivity contribution is -0.143. The van der Waals surface area contributed by atoms with Gasteiger partial charge in [0.05, 0.1) is 13.2 Å². The number of rotatable bonds is 10. The van der Waals surface area contributed by atoms with Crippen molar-refractivity contribution in [2.75, 3.05) is 13.2 Å². The number of esters is 2. The minimum Gasteiger partial charge on any atom is -0.461 e. The Labute approximate surface area is 192 Å². The van der Waals surface area contributed by atoms with Gasteiger partial charge in [-0.3, -0.25) is 9.59 Å². The van der Waals surface area contributed by atoms with Gasteiger partial charge in [0, 0.05) is 20.3 Å². The minimum absolute atomic E-state index is 0.00411. The van der Waals surface area contributed by atoms with Crippen molar-refractivity contribution in [2.45, 2.75) is 20.3 Å². The summed E-state index contributed by atoms with van der Waals surface area (Å²) in [6.45, 7) is 2.52. The van der Waals surface area contributed by atoms with Crippen LogP contribution in [0, 0.1) is 0 Å². The normalized spacial score (nSPS) is 11.3. The van der Waals surface area contributed by atoms with Gasteiger partial charge in [-0.15, -0.1) is 0 Å². The first-order valence-electron chi connectivity index (χ1n) is 10.3. The summed E-state index contributed by atoms with van der Waals surface area (Å²) in [4.78, 5) is 47.5. The molecule has 0 spiro atoms. The molecule has 8 heteroatoms. The van der Waals surface area contributed by atoms with Gasteiger partial charge in [-0.05, 0) is 23.3 Å². The first-order valence-corrected chi connectivity index (χ1v) is 10.3. The maximum Gasteiger partial charge on any atom is 0.354 e. The average Bonchev–Trinajstić information content (AvgIpc) is 2.78. The Morgan fingerprint density at radius 1 is 0.667 bits per heavy atom. The maximum atomic E-state index is 12.3. The average molecular weight is 450 g/mol. The van der Waals surface area contributed by atoms with Crippen molar-refractivity contribution in [2.24, 2.45) is 0 Å². The number of carbonyl (C=O) groups is 4. The summed E-state index contributed by atoms with van der Waals surface area (Å²) in [6, 6.07) is 18.0. The Morgan fingerprint density at radius 3 is 1.36 bits per heavy atom. The number of hydrogen-bond acceptors (Lipinski definition) is 6. The van der Waals surface area contributed by atoms with E-state index in [0.29, 0.717) is 0 Å². The lowest BCUT2D eigenvalue weighted by atomic mass is 10.2. The van der Waals surface area contributed by atoms with Crippen molar-refractivity contribution in [1.82, 2.24) is 10.6 Å². The van der Waals surface area contributed by atoms with Crippen molar-refractivity contribution in [3.63, 3.8) is 0 Å². The van der Waals surface area contributed by atoms with Gasteiger partial charge in [-0.25, -0.2) is 9.59 Å². The zero-order valence-corrected chi connectivity index (χ0v) is 18.5. The molecule has 2 amide bonds. The molecule has 0 aliphatic heterocycles. The molecule has 0 saturated heterocycles. The number of carbonyl (C=O) groups excluding carboxylic acids is 4. The van der Waals surface area contributed by atoms with Crippen LogP contribution in [0.2, 0.25) is 0 Å². The van der Waals surface area contributed by atoms with E-state index in [1.165, 1.54) is 26.0 Å². The number of benzene rings is 2. The Bertz CT molecular complexity index is 946. The van der Waals surface area contributed by atoms with Gasteiger partial charge in [0.15, 0.2) is 0 Å². The van der Waals surface area contributed by atoms with Crippen molar-refractivity contribution in [1.29, 1.82) is 0 Å². The molecule has 2 aromatic carbocycles. The van der Waals surface area contributed by atoms with Crippen LogP contribution in [0.25, 0.3) is 12.2 Å². The van der Waals surface area contributed by atoms with E-state index in [2.05, 4.69) is 10.6 Å². The maximum absolute atomic E-state index is 12.3. The van der Waals surface area contributed by atoms with Gasteiger partial charge >= 0.3 is 11.9 Å². The summed E-state index contributed by atoms with van der Waals surface area (Å²) in [5.74, 6) is -2.22.